The van der Waals surface area contributed by atoms with Crippen molar-refractivity contribution in [2.75, 3.05) is 33.8 Å². The van der Waals surface area contributed by atoms with Gasteiger partial charge in [0.25, 0.3) is 11.7 Å². The van der Waals surface area contributed by atoms with Crippen LogP contribution in [0, 0.1) is 0 Å². The molecule has 1 atom stereocenters. The van der Waals surface area contributed by atoms with Crippen LogP contribution in [0.1, 0.15) is 23.6 Å². The molecule has 7 nitrogen and oxygen atoms in total. The SMILES string of the molecule is C=CCOc1ccc(/C(O)=C2/C(=O)C(=O)N(CCCN(C)C)C2c2ccc(O)cc2)cc1. The number of carbonyl (C=O) groups excluding carboxylic acids is 2. The standard InChI is InChI=1S/C25H28N2O5/c1-4-16-32-20-12-8-18(9-13-20)23(29)21-22(17-6-10-19(28)11-7-17)27(25(31)24(21)30)15-5-14-26(2)3/h4,6-13,22,28-29H,1,5,14-16H2,2-3H3/b23-21-. The molecule has 0 aliphatic carbocycles. The van der Waals surface area contributed by atoms with Gasteiger partial charge in [-0.15, -0.1) is 0 Å². The van der Waals surface area contributed by atoms with Crippen LogP contribution in [0.4, 0.5) is 0 Å². The van der Waals surface area contributed by atoms with Gasteiger partial charge in [-0.25, -0.2) is 0 Å². The van der Waals surface area contributed by atoms with Gasteiger partial charge in [-0.05, 0) is 69.0 Å². The Labute approximate surface area is 187 Å². The van der Waals surface area contributed by atoms with Crippen LogP contribution in [-0.2, 0) is 9.59 Å². The highest BCUT2D eigenvalue weighted by Gasteiger charge is 2.45. The molecule has 0 spiro atoms. The number of phenols is 1. The first-order valence-electron chi connectivity index (χ1n) is 10.4. The van der Waals surface area contributed by atoms with E-state index in [-0.39, 0.29) is 17.1 Å². The molecule has 1 aliphatic rings. The Hall–Kier alpha value is -3.58. The van der Waals surface area contributed by atoms with E-state index in [0.29, 0.717) is 36.4 Å². The number of benzene rings is 2. The number of amides is 1. The summed E-state index contributed by atoms with van der Waals surface area (Å²) in [6.45, 7) is 5.06. The zero-order chi connectivity index (χ0) is 23.3. The number of aliphatic hydroxyl groups excluding tert-OH is 1. The summed E-state index contributed by atoms with van der Waals surface area (Å²) in [5, 5.41) is 20.7. The molecule has 0 saturated carbocycles. The highest BCUT2D eigenvalue weighted by Crippen LogP contribution is 2.40. The number of ketones is 1. The summed E-state index contributed by atoms with van der Waals surface area (Å²) < 4.78 is 5.46. The minimum absolute atomic E-state index is 0.0327. The van der Waals surface area contributed by atoms with Crippen LogP contribution >= 0.6 is 0 Å². The molecule has 32 heavy (non-hydrogen) atoms. The largest absolute Gasteiger partial charge is 0.508 e. The van der Waals surface area contributed by atoms with Crippen molar-refractivity contribution in [1.29, 1.82) is 0 Å². The van der Waals surface area contributed by atoms with Gasteiger partial charge in [0.2, 0.25) is 0 Å². The predicted octanol–water partition coefficient (Wildman–Crippen LogP) is 3.33. The average Bonchev–Trinajstić information content (AvgIpc) is 3.03. The van der Waals surface area contributed by atoms with Crippen molar-refractivity contribution in [3.63, 3.8) is 0 Å². The van der Waals surface area contributed by atoms with Gasteiger partial charge in [0, 0.05) is 12.1 Å². The van der Waals surface area contributed by atoms with Gasteiger partial charge < -0.3 is 24.7 Å². The number of hydrogen-bond donors (Lipinski definition) is 2. The van der Waals surface area contributed by atoms with Gasteiger partial charge in [0.05, 0.1) is 11.6 Å². The molecule has 1 heterocycles. The molecule has 2 aromatic rings. The lowest BCUT2D eigenvalue weighted by Crippen LogP contribution is -2.32. The molecule has 1 unspecified atom stereocenters. The highest BCUT2D eigenvalue weighted by molar-refractivity contribution is 6.46. The number of hydrogen-bond acceptors (Lipinski definition) is 6. The summed E-state index contributed by atoms with van der Waals surface area (Å²) in [4.78, 5) is 29.4. The molecule has 0 bridgehead atoms. The third kappa shape index (κ3) is 5.00. The minimum atomic E-state index is -0.741. The van der Waals surface area contributed by atoms with Gasteiger partial charge in [0.1, 0.15) is 23.9 Å². The first kappa shape index (κ1) is 23.1. The summed E-state index contributed by atoms with van der Waals surface area (Å²) in [6, 6.07) is 12.2. The van der Waals surface area contributed by atoms with Gasteiger partial charge in [0.15, 0.2) is 0 Å². The second-order valence-corrected chi connectivity index (χ2v) is 7.86. The van der Waals surface area contributed by atoms with E-state index in [0.717, 1.165) is 6.54 Å². The fraction of sp³-hybridized carbons (Fsp3) is 0.280. The van der Waals surface area contributed by atoms with Crippen molar-refractivity contribution in [1.82, 2.24) is 9.80 Å². The van der Waals surface area contributed by atoms with Crippen molar-refractivity contribution in [3.05, 3.63) is 77.9 Å². The van der Waals surface area contributed by atoms with Crippen LogP contribution in [0.3, 0.4) is 0 Å². The summed E-state index contributed by atoms with van der Waals surface area (Å²) in [5.74, 6) is -0.937. The first-order valence-corrected chi connectivity index (χ1v) is 10.4. The number of phenolic OH excluding ortho intramolecular Hbond substituents is 1. The molecule has 1 saturated heterocycles. The van der Waals surface area contributed by atoms with E-state index in [2.05, 4.69) is 6.58 Å². The Balaban J connectivity index is 2.02. The van der Waals surface area contributed by atoms with Crippen molar-refractivity contribution in [3.8, 4) is 11.5 Å². The molecule has 1 aliphatic heterocycles. The van der Waals surface area contributed by atoms with Crippen molar-refractivity contribution in [2.45, 2.75) is 12.5 Å². The van der Waals surface area contributed by atoms with Crippen LogP contribution in [-0.4, -0.2) is 65.5 Å². The zero-order valence-corrected chi connectivity index (χ0v) is 18.3. The molecule has 2 N–H and O–H groups in total. The van der Waals surface area contributed by atoms with E-state index in [4.69, 9.17) is 4.74 Å². The predicted molar refractivity (Wildman–Crippen MR) is 122 cm³/mol. The third-order valence-electron chi connectivity index (χ3n) is 5.25. The van der Waals surface area contributed by atoms with Gasteiger partial charge in [-0.2, -0.15) is 0 Å². The zero-order valence-electron chi connectivity index (χ0n) is 18.3. The fourth-order valence-corrected chi connectivity index (χ4v) is 3.69. The smallest absolute Gasteiger partial charge is 0.295 e. The molecule has 7 heteroatoms. The number of aromatic hydroxyl groups is 1. The number of aliphatic hydroxyl groups is 1. The molecule has 1 fully saturated rings. The fourth-order valence-electron chi connectivity index (χ4n) is 3.69. The lowest BCUT2D eigenvalue weighted by molar-refractivity contribution is -0.139. The summed E-state index contributed by atoms with van der Waals surface area (Å²) in [7, 11) is 3.88. The summed E-state index contributed by atoms with van der Waals surface area (Å²) in [5.41, 5.74) is 1.08. The van der Waals surface area contributed by atoms with E-state index in [1.165, 1.54) is 17.0 Å². The molecular formula is C25H28N2O5. The van der Waals surface area contributed by atoms with Gasteiger partial charge in [-0.3, -0.25) is 9.59 Å². The Morgan fingerprint density at radius 3 is 2.38 bits per heavy atom. The molecule has 168 valence electrons. The van der Waals surface area contributed by atoms with Crippen LogP contribution in [0.2, 0.25) is 0 Å². The van der Waals surface area contributed by atoms with E-state index in [9.17, 15) is 19.8 Å². The Bertz CT molecular complexity index is 1010. The first-order chi connectivity index (χ1) is 15.3. The lowest BCUT2D eigenvalue weighted by Gasteiger charge is -2.26. The Morgan fingerprint density at radius 1 is 1.12 bits per heavy atom. The molecule has 3 rings (SSSR count). The second kappa shape index (κ2) is 10.2. The number of nitrogens with zero attached hydrogens (tertiary/aromatic N) is 2. The number of carbonyl (C=O) groups is 2. The second-order valence-electron chi connectivity index (χ2n) is 7.86. The normalized spacial score (nSPS) is 17.7. The van der Waals surface area contributed by atoms with E-state index < -0.39 is 17.7 Å². The molecule has 2 aromatic carbocycles. The third-order valence-corrected chi connectivity index (χ3v) is 5.25. The maximum Gasteiger partial charge on any atom is 0.295 e. The topological polar surface area (TPSA) is 90.3 Å². The summed E-state index contributed by atoms with van der Waals surface area (Å²) >= 11 is 0. The molecular weight excluding hydrogens is 408 g/mol. The maximum absolute atomic E-state index is 13.0. The van der Waals surface area contributed by atoms with E-state index in [1.807, 2.05) is 19.0 Å². The van der Waals surface area contributed by atoms with E-state index in [1.54, 1.807) is 42.5 Å². The van der Waals surface area contributed by atoms with Crippen LogP contribution < -0.4 is 4.74 Å². The molecule has 0 radical (unpaired) electrons. The maximum atomic E-state index is 13.0. The molecule has 1 amide bonds. The summed E-state index contributed by atoms with van der Waals surface area (Å²) in [6.07, 6.45) is 2.30. The van der Waals surface area contributed by atoms with Crippen molar-refractivity contribution >= 4 is 17.4 Å². The number of likely N-dealkylation sites (tertiary alicyclic amines) is 1. The number of rotatable bonds is 9. The monoisotopic (exact) mass is 436 g/mol. The van der Waals surface area contributed by atoms with Crippen molar-refractivity contribution in [2.24, 2.45) is 0 Å². The van der Waals surface area contributed by atoms with Crippen molar-refractivity contribution < 1.29 is 24.5 Å². The molecule has 0 aromatic heterocycles. The average molecular weight is 437 g/mol. The number of Topliss-reactive ketones (excluding diaryl/α,β-unsaturated/α-hetero) is 1. The highest BCUT2D eigenvalue weighted by atomic mass is 16.5. The van der Waals surface area contributed by atoms with Gasteiger partial charge >= 0.3 is 0 Å². The van der Waals surface area contributed by atoms with E-state index >= 15 is 0 Å². The Kier molecular flexibility index (Phi) is 7.33. The lowest BCUT2D eigenvalue weighted by atomic mass is 9.95. The van der Waals surface area contributed by atoms with Gasteiger partial charge in [-0.1, -0.05) is 24.8 Å². The number of ether oxygens (including phenoxy) is 1. The minimum Gasteiger partial charge on any atom is -0.508 e. The Morgan fingerprint density at radius 2 is 1.78 bits per heavy atom. The van der Waals surface area contributed by atoms with Crippen LogP contribution in [0.5, 0.6) is 11.5 Å². The quantitative estimate of drug-likeness (QED) is 0.271. The van der Waals surface area contributed by atoms with Crippen LogP contribution in [0.15, 0.2) is 66.8 Å². The van der Waals surface area contributed by atoms with Crippen LogP contribution in [0.25, 0.3) is 5.76 Å².